The summed E-state index contributed by atoms with van der Waals surface area (Å²) in [5.74, 6) is -1.31. The zero-order chi connectivity index (χ0) is 16.1. The van der Waals surface area contributed by atoms with Crippen LogP contribution in [0.4, 0.5) is 0 Å². The second-order valence-electron chi connectivity index (χ2n) is 4.88. The van der Waals surface area contributed by atoms with Gasteiger partial charge in [0.05, 0.1) is 0 Å². The van der Waals surface area contributed by atoms with Gasteiger partial charge in [0.25, 0.3) is 0 Å². The molecule has 0 saturated heterocycles. The van der Waals surface area contributed by atoms with Crippen LogP contribution in [0.15, 0.2) is 0 Å². The van der Waals surface area contributed by atoms with Crippen LogP contribution in [0, 0.1) is 0 Å². The van der Waals surface area contributed by atoms with Gasteiger partial charge in [0.1, 0.15) is 13.2 Å². The van der Waals surface area contributed by atoms with E-state index in [1.54, 1.807) is 0 Å². The molecule has 0 amide bonds. The van der Waals surface area contributed by atoms with Gasteiger partial charge in [0.2, 0.25) is 0 Å². The fraction of sp³-hybridized carbons (Fsp3) is 0.800. The normalized spacial score (nSPS) is 10.3. The summed E-state index contributed by atoms with van der Waals surface area (Å²) in [5.41, 5.74) is 0. The summed E-state index contributed by atoms with van der Waals surface area (Å²) in [7, 11) is 0. The number of ether oxygens (including phenoxy) is 3. The molecular weight excluding hydrogens is 276 g/mol. The van der Waals surface area contributed by atoms with Gasteiger partial charge in [0, 0.05) is 20.3 Å². The molecule has 0 aromatic rings. The van der Waals surface area contributed by atoms with Crippen LogP contribution >= 0.6 is 0 Å². The first kappa shape index (κ1) is 19.4. The Morgan fingerprint density at radius 1 is 0.857 bits per heavy atom. The Morgan fingerprint density at radius 2 is 1.38 bits per heavy atom. The van der Waals surface area contributed by atoms with Gasteiger partial charge >= 0.3 is 17.9 Å². The highest BCUT2D eigenvalue weighted by Gasteiger charge is 2.17. The van der Waals surface area contributed by atoms with Crippen molar-refractivity contribution < 1.29 is 28.6 Å². The van der Waals surface area contributed by atoms with Gasteiger partial charge in [-0.25, -0.2) is 0 Å². The van der Waals surface area contributed by atoms with Crippen molar-refractivity contribution in [3.63, 3.8) is 0 Å². The molecule has 0 aromatic heterocycles. The van der Waals surface area contributed by atoms with Gasteiger partial charge in [-0.1, -0.05) is 32.6 Å². The third-order valence-electron chi connectivity index (χ3n) is 2.73. The Hall–Kier alpha value is -1.59. The Balaban J connectivity index is 4.02. The molecule has 0 aromatic carbocycles. The van der Waals surface area contributed by atoms with Crippen LogP contribution in [0.25, 0.3) is 0 Å². The average molecular weight is 302 g/mol. The van der Waals surface area contributed by atoms with Crippen LogP contribution in [-0.2, 0) is 28.6 Å². The molecule has 6 heteroatoms. The van der Waals surface area contributed by atoms with E-state index in [1.807, 2.05) is 0 Å². The summed E-state index contributed by atoms with van der Waals surface area (Å²) >= 11 is 0. The van der Waals surface area contributed by atoms with E-state index in [1.165, 1.54) is 13.8 Å². The lowest BCUT2D eigenvalue weighted by molar-refractivity contribution is -0.165. The Bertz CT molecular complexity index is 308. The molecule has 0 fully saturated rings. The second kappa shape index (κ2) is 12.2. The van der Waals surface area contributed by atoms with Crippen molar-refractivity contribution in [2.24, 2.45) is 0 Å². The molecule has 0 radical (unpaired) electrons. The van der Waals surface area contributed by atoms with E-state index in [4.69, 9.17) is 14.2 Å². The summed E-state index contributed by atoms with van der Waals surface area (Å²) in [6, 6.07) is 0. The molecule has 122 valence electrons. The fourth-order valence-corrected chi connectivity index (χ4v) is 1.65. The minimum Gasteiger partial charge on any atom is -0.462 e. The molecule has 0 bridgehead atoms. The summed E-state index contributed by atoms with van der Waals surface area (Å²) in [6.07, 6.45) is 4.75. The zero-order valence-corrected chi connectivity index (χ0v) is 13.2. The van der Waals surface area contributed by atoms with E-state index in [9.17, 15) is 14.4 Å². The van der Waals surface area contributed by atoms with Gasteiger partial charge in [0.15, 0.2) is 6.10 Å². The van der Waals surface area contributed by atoms with Crippen LogP contribution in [0.3, 0.4) is 0 Å². The summed E-state index contributed by atoms with van der Waals surface area (Å²) in [4.78, 5) is 33.2. The van der Waals surface area contributed by atoms with Crippen LogP contribution < -0.4 is 0 Å². The minimum atomic E-state index is -0.749. The highest BCUT2D eigenvalue weighted by Crippen LogP contribution is 2.07. The fourth-order valence-electron chi connectivity index (χ4n) is 1.65. The molecule has 0 spiro atoms. The first-order valence-corrected chi connectivity index (χ1v) is 7.41. The number of unbranched alkanes of at least 4 members (excludes halogenated alkanes) is 4. The zero-order valence-electron chi connectivity index (χ0n) is 13.2. The topological polar surface area (TPSA) is 78.9 Å². The lowest BCUT2D eigenvalue weighted by Crippen LogP contribution is -2.30. The van der Waals surface area contributed by atoms with Gasteiger partial charge in [-0.05, 0) is 6.42 Å². The van der Waals surface area contributed by atoms with Gasteiger partial charge in [-0.3, -0.25) is 14.4 Å². The number of hydrogen-bond acceptors (Lipinski definition) is 6. The van der Waals surface area contributed by atoms with Gasteiger partial charge in [-0.2, -0.15) is 0 Å². The van der Waals surface area contributed by atoms with Crippen LogP contribution in [0.2, 0.25) is 0 Å². The molecule has 0 aliphatic rings. The Labute approximate surface area is 126 Å². The van der Waals surface area contributed by atoms with Crippen molar-refractivity contribution in [1.82, 2.24) is 0 Å². The number of hydrogen-bond donors (Lipinski definition) is 0. The van der Waals surface area contributed by atoms with Gasteiger partial charge < -0.3 is 14.2 Å². The number of esters is 3. The number of carbonyl (C=O) groups is 3. The predicted molar refractivity (Wildman–Crippen MR) is 76.5 cm³/mol. The number of carbonyl (C=O) groups excluding carboxylic acids is 3. The molecular formula is C15H26O6. The maximum atomic E-state index is 11.7. The standard InChI is InChI=1S/C15H26O6/c1-4-5-6-7-8-9-15(18)21-14(10-19-12(2)16)11-20-13(3)17/h14H,4-11H2,1-3H3. The lowest BCUT2D eigenvalue weighted by atomic mass is 10.1. The third kappa shape index (κ3) is 13.2. The molecule has 21 heavy (non-hydrogen) atoms. The summed E-state index contributed by atoms with van der Waals surface area (Å²) < 4.78 is 14.7. The Morgan fingerprint density at radius 3 is 1.86 bits per heavy atom. The summed E-state index contributed by atoms with van der Waals surface area (Å²) in [6.45, 7) is 4.44. The molecule has 0 saturated carbocycles. The van der Waals surface area contributed by atoms with E-state index in [-0.39, 0.29) is 19.2 Å². The largest absolute Gasteiger partial charge is 0.462 e. The van der Waals surface area contributed by atoms with Crippen molar-refractivity contribution in [3.8, 4) is 0 Å². The van der Waals surface area contributed by atoms with Crippen molar-refractivity contribution in [3.05, 3.63) is 0 Å². The third-order valence-corrected chi connectivity index (χ3v) is 2.73. The molecule has 0 N–H and O–H groups in total. The molecule has 0 heterocycles. The van der Waals surface area contributed by atoms with Crippen molar-refractivity contribution >= 4 is 17.9 Å². The predicted octanol–water partition coefficient (Wildman–Crippen LogP) is 2.38. The molecule has 0 rings (SSSR count). The average Bonchev–Trinajstić information content (AvgIpc) is 2.41. The maximum Gasteiger partial charge on any atom is 0.306 e. The highest BCUT2D eigenvalue weighted by atomic mass is 16.6. The maximum absolute atomic E-state index is 11.7. The molecule has 6 nitrogen and oxygen atoms in total. The lowest BCUT2D eigenvalue weighted by Gasteiger charge is -2.17. The van der Waals surface area contributed by atoms with E-state index in [2.05, 4.69) is 6.92 Å². The van der Waals surface area contributed by atoms with Crippen molar-refractivity contribution in [2.45, 2.75) is 65.4 Å². The first-order chi connectivity index (χ1) is 9.95. The van der Waals surface area contributed by atoms with Crippen LogP contribution in [0.1, 0.15) is 59.3 Å². The number of rotatable bonds is 11. The van der Waals surface area contributed by atoms with Gasteiger partial charge in [-0.15, -0.1) is 0 Å². The quantitative estimate of drug-likeness (QED) is 0.331. The van der Waals surface area contributed by atoms with Crippen molar-refractivity contribution in [1.29, 1.82) is 0 Å². The smallest absolute Gasteiger partial charge is 0.306 e. The van der Waals surface area contributed by atoms with E-state index in [0.29, 0.717) is 6.42 Å². The second-order valence-corrected chi connectivity index (χ2v) is 4.88. The van der Waals surface area contributed by atoms with E-state index in [0.717, 1.165) is 32.1 Å². The molecule has 0 aliphatic heterocycles. The first-order valence-electron chi connectivity index (χ1n) is 7.41. The minimum absolute atomic E-state index is 0.107. The van der Waals surface area contributed by atoms with Crippen molar-refractivity contribution in [2.75, 3.05) is 13.2 Å². The molecule has 0 unspecified atom stereocenters. The molecule has 0 atom stereocenters. The summed E-state index contributed by atoms with van der Waals surface area (Å²) in [5, 5.41) is 0. The molecule has 0 aliphatic carbocycles. The monoisotopic (exact) mass is 302 g/mol. The Kier molecular flexibility index (Phi) is 11.3. The SMILES string of the molecule is CCCCCCCC(=O)OC(COC(C)=O)COC(C)=O. The van der Waals surface area contributed by atoms with Crippen LogP contribution in [-0.4, -0.2) is 37.2 Å². The van der Waals surface area contributed by atoms with E-state index >= 15 is 0 Å². The van der Waals surface area contributed by atoms with E-state index < -0.39 is 18.0 Å². The highest BCUT2D eigenvalue weighted by molar-refractivity contribution is 5.70. The van der Waals surface area contributed by atoms with Crippen LogP contribution in [0.5, 0.6) is 0 Å².